The number of hydrogen-bond acceptors (Lipinski definition) is 4. The van der Waals surface area contributed by atoms with Crippen LogP contribution in [0.5, 0.6) is 0 Å². The molecule has 140 valence electrons. The maximum atomic E-state index is 12.6. The maximum absolute atomic E-state index is 12.6. The Labute approximate surface area is 155 Å². The molecule has 0 bridgehead atoms. The molecule has 1 aromatic rings. The van der Waals surface area contributed by atoms with Crippen molar-refractivity contribution in [3.63, 3.8) is 0 Å². The van der Waals surface area contributed by atoms with Crippen molar-refractivity contribution >= 4 is 24.2 Å². The highest BCUT2D eigenvalue weighted by Gasteiger charge is 2.32. The smallest absolute Gasteiger partial charge is 0.253 e. The van der Waals surface area contributed by atoms with Gasteiger partial charge in [-0.2, -0.15) is 0 Å². The van der Waals surface area contributed by atoms with Gasteiger partial charge in [-0.15, -0.1) is 12.4 Å². The Morgan fingerprint density at radius 3 is 2.32 bits per heavy atom. The van der Waals surface area contributed by atoms with Crippen molar-refractivity contribution in [2.45, 2.75) is 38.5 Å². The zero-order valence-electron chi connectivity index (χ0n) is 15.1. The molecule has 0 radical (unpaired) electrons. The third-order valence-corrected chi connectivity index (χ3v) is 4.32. The maximum Gasteiger partial charge on any atom is 0.253 e. The first-order valence-electron chi connectivity index (χ1n) is 8.41. The van der Waals surface area contributed by atoms with Crippen molar-refractivity contribution in [2.24, 2.45) is 5.73 Å². The highest BCUT2D eigenvalue weighted by atomic mass is 35.5. The molecule has 25 heavy (non-hydrogen) atoms. The Kier molecular flexibility index (Phi) is 8.35. The molecule has 0 unspecified atom stereocenters. The summed E-state index contributed by atoms with van der Waals surface area (Å²) in [6, 6.07) is 7.38. The normalized spacial score (nSPS) is 19.2. The molecule has 0 spiro atoms. The first-order chi connectivity index (χ1) is 11.5. The minimum absolute atomic E-state index is 0. The molecular weight excluding hydrogens is 342 g/mol. The summed E-state index contributed by atoms with van der Waals surface area (Å²) in [5, 5.41) is 0. The van der Waals surface area contributed by atoms with Crippen LogP contribution in [0.15, 0.2) is 24.3 Å². The Hall–Kier alpha value is -1.63. The molecule has 1 saturated heterocycles. The molecule has 1 aliphatic rings. The molecule has 6 nitrogen and oxygen atoms in total. The molecule has 1 aromatic carbocycles. The van der Waals surface area contributed by atoms with Crippen LogP contribution in [0.25, 0.3) is 0 Å². The fourth-order valence-electron chi connectivity index (χ4n) is 2.84. The van der Waals surface area contributed by atoms with Crippen molar-refractivity contribution in [2.75, 3.05) is 27.2 Å². The van der Waals surface area contributed by atoms with E-state index in [9.17, 15) is 9.59 Å². The molecule has 0 saturated carbocycles. The second-order valence-electron chi connectivity index (χ2n) is 6.31. The fourth-order valence-corrected chi connectivity index (χ4v) is 2.84. The lowest BCUT2D eigenvalue weighted by molar-refractivity contribution is -0.143. The zero-order valence-corrected chi connectivity index (χ0v) is 15.9. The number of rotatable bonds is 6. The van der Waals surface area contributed by atoms with E-state index in [0.29, 0.717) is 25.2 Å². The number of nitrogens with two attached hydrogens (primary N) is 1. The van der Waals surface area contributed by atoms with Gasteiger partial charge in [0.1, 0.15) is 6.10 Å². The number of carbonyl (C=O) groups excluding carboxylic acids is 2. The Morgan fingerprint density at radius 2 is 1.84 bits per heavy atom. The van der Waals surface area contributed by atoms with E-state index < -0.39 is 0 Å². The second kappa shape index (κ2) is 9.75. The van der Waals surface area contributed by atoms with Crippen molar-refractivity contribution < 1.29 is 14.3 Å². The fraction of sp³-hybridized carbons (Fsp3) is 0.556. The summed E-state index contributed by atoms with van der Waals surface area (Å²) < 4.78 is 5.70. The van der Waals surface area contributed by atoms with Gasteiger partial charge in [-0.05, 0) is 37.5 Å². The van der Waals surface area contributed by atoms with E-state index in [1.165, 1.54) is 0 Å². The Balaban J connectivity index is 0.00000312. The van der Waals surface area contributed by atoms with Crippen LogP contribution in [0.4, 0.5) is 0 Å². The number of amides is 2. The van der Waals surface area contributed by atoms with E-state index in [0.717, 1.165) is 18.4 Å². The van der Waals surface area contributed by atoms with Gasteiger partial charge in [-0.1, -0.05) is 12.1 Å². The van der Waals surface area contributed by atoms with E-state index >= 15 is 0 Å². The van der Waals surface area contributed by atoms with E-state index in [-0.39, 0.29) is 36.4 Å². The molecule has 0 aliphatic carbocycles. The van der Waals surface area contributed by atoms with Crippen LogP contribution in [0.3, 0.4) is 0 Å². The van der Waals surface area contributed by atoms with Crippen LogP contribution < -0.4 is 5.73 Å². The number of likely N-dealkylation sites (N-methyl/N-ethyl adjacent to an activating group) is 1. The summed E-state index contributed by atoms with van der Waals surface area (Å²) in [7, 11) is 3.45. The topological polar surface area (TPSA) is 75.9 Å². The average molecular weight is 370 g/mol. The van der Waals surface area contributed by atoms with Gasteiger partial charge in [0.25, 0.3) is 11.8 Å². The van der Waals surface area contributed by atoms with Crippen LogP contribution in [0.1, 0.15) is 35.7 Å². The Morgan fingerprint density at radius 1 is 1.20 bits per heavy atom. The second-order valence-corrected chi connectivity index (χ2v) is 6.31. The quantitative estimate of drug-likeness (QED) is 0.827. The Bertz CT molecular complexity index is 577. The lowest BCUT2D eigenvalue weighted by atomic mass is 10.1. The van der Waals surface area contributed by atoms with Gasteiger partial charge in [-0.3, -0.25) is 9.59 Å². The van der Waals surface area contributed by atoms with Gasteiger partial charge < -0.3 is 20.3 Å². The van der Waals surface area contributed by atoms with Crippen molar-refractivity contribution in [1.29, 1.82) is 0 Å². The first-order valence-corrected chi connectivity index (χ1v) is 8.41. The first kappa shape index (κ1) is 21.4. The number of ether oxygens (including phenoxy) is 1. The van der Waals surface area contributed by atoms with Crippen LogP contribution >= 0.6 is 12.4 Å². The van der Waals surface area contributed by atoms with Crippen molar-refractivity contribution in [3.05, 3.63) is 35.4 Å². The number of benzene rings is 1. The molecule has 1 heterocycles. The lowest BCUT2D eigenvalue weighted by Gasteiger charge is -2.24. The van der Waals surface area contributed by atoms with E-state index in [2.05, 4.69) is 0 Å². The molecule has 2 N–H and O–H groups in total. The van der Waals surface area contributed by atoms with E-state index in [4.69, 9.17) is 10.5 Å². The molecule has 2 rings (SSSR count). The van der Waals surface area contributed by atoms with Gasteiger partial charge in [-0.25, -0.2) is 0 Å². The number of halogens is 1. The van der Waals surface area contributed by atoms with Crippen molar-refractivity contribution in [3.8, 4) is 0 Å². The summed E-state index contributed by atoms with van der Waals surface area (Å²) in [6.07, 6.45) is 1.18. The van der Waals surface area contributed by atoms with Gasteiger partial charge in [0.15, 0.2) is 0 Å². The van der Waals surface area contributed by atoms with Gasteiger partial charge >= 0.3 is 0 Å². The molecule has 2 atom stereocenters. The summed E-state index contributed by atoms with van der Waals surface area (Å²) in [6.45, 7) is 3.54. The minimum Gasteiger partial charge on any atom is -0.364 e. The molecule has 1 fully saturated rings. The van der Waals surface area contributed by atoms with Crippen LogP contribution in [0.2, 0.25) is 0 Å². The predicted molar refractivity (Wildman–Crippen MR) is 99.7 cm³/mol. The third-order valence-electron chi connectivity index (χ3n) is 4.32. The largest absolute Gasteiger partial charge is 0.364 e. The minimum atomic E-state index is -0.381. The average Bonchev–Trinajstić information content (AvgIpc) is 3.08. The monoisotopic (exact) mass is 369 g/mol. The highest BCUT2D eigenvalue weighted by molar-refractivity contribution is 5.93. The molecule has 2 amide bonds. The molecular formula is C18H28ClN3O3. The zero-order chi connectivity index (χ0) is 17.7. The van der Waals surface area contributed by atoms with E-state index in [1.54, 1.807) is 36.0 Å². The SMILES string of the molecule is CCN(Cc1ccc(C(=O)N(C)C)cc1)C(=O)[C@@H]1CC[C@H](CN)O1.Cl. The number of hydrogen-bond donors (Lipinski definition) is 1. The molecule has 1 aliphatic heterocycles. The number of carbonyl (C=O) groups is 2. The van der Waals surface area contributed by atoms with E-state index in [1.807, 2.05) is 19.1 Å². The summed E-state index contributed by atoms with van der Waals surface area (Å²) in [5.41, 5.74) is 7.24. The summed E-state index contributed by atoms with van der Waals surface area (Å²) >= 11 is 0. The van der Waals surface area contributed by atoms with Crippen LogP contribution in [-0.2, 0) is 16.1 Å². The van der Waals surface area contributed by atoms with Crippen LogP contribution in [0, 0.1) is 0 Å². The third kappa shape index (κ3) is 5.42. The van der Waals surface area contributed by atoms with Gasteiger partial charge in [0, 0.05) is 39.3 Å². The standard InChI is InChI=1S/C18H27N3O3.ClH/c1-4-21(18(23)16-10-9-15(11-19)24-16)12-13-5-7-14(8-6-13)17(22)20(2)3;/h5-8,15-16H,4,9-12,19H2,1-3H3;1H/t15-,16+;/m1./s1. The van der Waals surface area contributed by atoms with Gasteiger partial charge in [0.05, 0.1) is 6.10 Å². The highest BCUT2D eigenvalue weighted by Crippen LogP contribution is 2.21. The van der Waals surface area contributed by atoms with Gasteiger partial charge in [0.2, 0.25) is 0 Å². The predicted octanol–water partition coefficient (Wildman–Crippen LogP) is 1.67. The van der Waals surface area contributed by atoms with Crippen LogP contribution in [-0.4, -0.2) is 61.0 Å². The van der Waals surface area contributed by atoms with Crippen molar-refractivity contribution in [1.82, 2.24) is 9.80 Å². The summed E-state index contributed by atoms with van der Waals surface area (Å²) in [4.78, 5) is 27.8. The molecule has 7 heteroatoms. The summed E-state index contributed by atoms with van der Waals surface area (Å²) in [5.74, 6) is -0.0148. The lowest BCUT2D eigenvalue weighted by Crippen LogP contribution is -2.39. The molecule has 0 aromatic heterocycles. The number of nitrogens with zero attached hydrogens (tertiary/aromatic N) is 2.